The molecule has 2 aliphatic rings. The zero-order valence-corrected chi connectivity index (χ0v) is 15.3. The van der Waals surface area contributed by atoms with Crippen molar-refractivity contribution >= 4 is 34.9 Å². The van der Waals surface area contributed by atoms with Crippen LogP contribution in [0.3, 0.4) is 0 Å². The van der Waals surface area contributed by atoms with Gasteiger partial charge in [-0.15, -0.1) is 0 Å². The van der Waals surface area contributed by atoms with Gasteiger partial charge in [-0.2, -0.15) is 0 Å². The highest BCUT2D eigenvalue weighted by Crippen LogP contribution is 2.26. The van der Waals surface area contributed by atoms with E-state index < -0.39 is 0 Å². The van der Waals surface area contributed by atoms with E-state index in [1.54, 1.807) is 18.3 Å². The first-order chi connectivity index (χ1) is 13.2. The van der Waals surface area contributed by atoms with Crippen LogP contribution < -0.4 is 16.0 Å². The van der Waals surface area contributed by atoms with Crippen LogP contribution in [0.1, 0.15) is 23.6 Å². The Morgan fingerprint density at radius 3 is 2.78 bits per heavy atom. The smallest absolute Gasteiger partial charge is 0.290 e. The Morgan fingerprint density at radius 1 is 1.15 bits per heavy atom. The lowest BCUT2D eigenvalue weighted by atomic mass is 9.89. The molecule has 4 rings (SSSR count). The molecular formula is C19H19N5O2S. The first-order valence-electron chi connectivity index (χ1n) is 8.77. The minimum atomic E-state index is -0.389. The van der Waals surface area contributed by atoms with E-state index in [0.717, 1.165) is 31.3 Å². The summed E-state index contributed by atoms with van der Waals surface area (Å²) < 4.78 is 0. The number of aromatic nitrogens is 2. The maximum absolute atomic E-state index is 11.7. The van der Waals surface area contributed by atoms with Gasteiger partial charge < -0.3 is 10.6 Å². The van der Waals surface area contributed by atoms with Gasteiger partial charge in [-0.25, -0.2) is 9.97 Å². The van der Waals surface area contributed by atoms with E-state index in [1.165, 1.54) is 5.56 Å². The fraction of sp³-hybridized carbons (Fsp3) is 0.263. The van der Waals surface area contributed by atoms with E-state index in [1.807, 2.05) is 6.07 Å². The number of hydrogen-bond donors (Lipinski definition) is 3. The largest absolute Gasteiger partial charge is 0.350 e. The first kappa shape index (κ1) is 17.7. The van der Waals surface area contributed by atoms with Gasteiger partial charge in [-0.1, -0.05) is 30.3 Å². The van der Waals surface area contributed by atoms with E-state index >= 15 is 0 Å². The van der Waals surface area contributed by atoms with Crippen molar-refractivity contribution in [2.24, 2.45) is 0 Å². The van der Waals surface area contributed by atoms with Gasteiger partial charge in [-0.3, -0.25) is 14.9 Å². The lowest BCUT2D eigenvalue weighted by Crippen LogP contribution is -2.42. The van der Waals surface area contributed by atoms with Crippen molar-refractivity contribution in [2.75, 3.05) is 18.4 Å². The number of imide groups is 1. The SMILES string of the molecule is O=C1NC(=O)/C(=C\c2ccnc(NC3CNCC(c4ccccc4)C3)n2)S1. The summed E-state index contributed by atoms with van der Waals surface area (Å²) in [4.78, 5) is 32.0. The minimum Gasteiger partial charge on any atom is -0.350 e. The fourth-order valence-corrected chi connectivity index (χ4v) is 3.96. The van der Waals surface area contributed by atoms with E-state index in [9.17, 15) is 9.59 Å². The number of hydrogen-bond acceptors (Lipinski definition) is 7. The van der Waals surface area contributed by atoms with Gasteiger partial charge in [0.05, 0.1) is 10.6 Å². The van der Waals surface area contributed by atoms with E-state index in [4.69, 9.17) is 0 Å². The van der Waals surface area contributed by atoms with Gasteiger partial charge in [0.15, 0.2) is 0 Å². The van der Waals surface area contributed by atoms with Crippen molar-refractivity contribution in [3.63, 3.8) is 0 Å². The van der Waals surface area contributed by atoms with Crippen molar-refractivity contribution in [3.8, 4) is 0 Å². The molecule has 2 aliphatic heterocycles. The summed E-state index contributed by atoms with van der Waals surface area (Å²) in [6.45, 7) is 1.79. The highest BCUT2D eigenvalue weighted by molar-refractivity contribution is 8.18. The Balaban J connectivity index is 1.44. The van der Waals surface area contributed by atoms with Crippen LogP contribution in [0.2, 0.25) is 0 Å². The predicted octanol–water partition coefficient (Wildman–Crippen LogP) is 2.36. The standard InChI is InChI=1S/C19H19N5O2S/c25-17-16(27-19(26)24-17)9-14-6-7-21-18(22-14)23-15-8-13(10-20-11-15)12-4-2-1-3-5-12/h1-7,9,13,15,20H,8,10-11H2,(H,21,22,23)(H,24,25,26)/b16-9+. The minimum absolute atomic E-state index is 0.206. The first-order valence-corrected chi connectivity index (χ1v) is 9.59. The molecule has 7 nitrogen and oxygen atoms in total. The Hall–Kier alpha value is -2.71. The topological polar surface area (TPSA) is 96.0 Å². The second-order valence-electron chi connectivity index (χ2n) is 6.50. The summed E-state index contributed by atoms with van der Waals surface area (Å²) in [5, 5.41) is 8.72. The molecule has 2 unspecified atom stereocenters. The number of carbonyl (C=O) groups excluding carboxylic acids is 2. The second-order valence-corrected chi connectivity index (χ2v) is 7.51. The van der Waals surface area contributed by atoms with Crippen LogP contribution in [-0.4, -0.2) is 40.2 Å². The van der Waals surface area contributed by atoms with Crippen LogP contribution in [0.5, 0.6) is 0 Å². The third kappa shape index (κ3) is 4.35. The van der Waals surface area contributed by atoms with Crippen LogP contribution in [0.15, 0.2) is 47.5 Å². The zero-order valence-electron chi connectivity index (χ0n) is 14.5. The van der Waals surface area contributed by atoms with Crippen molar-refractivity contribution in [3.05, 3.63) is 58.8 Å². The van der Waals surface area contributed by atoms with Gasteiger partial charge >= 0.3 is 0 Å². The lowest BCUT2D eigenvalue weighted by Gasteiger charge is -2.31. The summed E-state index contributed by atoms with van der Waals surface area (Å²) in [6, 6.07) is 12.4. The van der Waals surface area contributed by atoms with Crippen LogP contribution in [-0.2, 0) is 4.79 Å². The van der Waals surface area contributed by atoms with Gasteiger partial charge in [0, 0.05) is 25.3 Å². The molecule has 138 valence electrons. The molecule has 8 heteroatoms. The third-order valence-corrected chi connectivity index (χ3v) is 5.36. The molecule has 2 atom stereocenters. The van der Waals surface area contributed by atoms with Gasteiger partial charge in [0.25, 0.3) is 11.1 Å². The number of anilines is 1. The molecule has 0 spiro atoms. The Morgan fingerprint density at radius 2 is 2.00 bits per heavy atom. The molecule has 2 fully saturated rings. The Kier molecular flexibility index (Phi) is 5.17. The van der Waals surface area contributed by atoms with E-state index in [2.05, 4.69) is 50.2 Å². The molecule has 1 aromatic carbocycles. The van der Waals surface area contributed by atoms with Crippen molar-refractivity contribution in [1.82, 2.24) is 20.6 Å². The van der Waals surface area contributed by atoms with Crippen molar-refractivity contribution in [2.45, 2.75) is 18.4 Å². The molecule has 2 aromatic rings. The van der Waals surface area contributed by atoms with Gasteiger partial charge in [0.2, 0.25) is 5.95 Å². The molecule has 1 aromatic heterocycles. The Bertz CT molecular complexity index is 887. The fourth-order valence-electron chi connectivity index (χ4n) is 3.29. The summed E-state index contributed by atoms with van der Waals surface area (Å²) in [5.74, 6) is 0.562. The number of carbonyl (C=O) groups is 2. The van der Waals surface area contributed by atoms with Crippen LogP contribution >= 0.6 is 11.8 Å². The van der Waals surface area contributed by atoms with Crippen LogP contribution in [0.4, 0.5) is 10.7 Å². The molecular weight excluding hydrogens is 362 g/mol. The monoisotopic (exact) mass is 381 g/mol. The quantitative estimate of drug-likeness (QED) is 0.700. The highest BCUT2D eigenvalue weighted by Gasteiger charge is 2.26. The number of thioether (sulfide) groups is 1. The summed E-state index contributed by atoms with van der Waals surface area (Å²) in [7, 11) is 0. The number of rotatable bonds is 4. The van der Waals surface area contributed by atoms with Gasteiger partial charge in [0.1, 0.15) is 0 Å². The molecule has 0 bridgehead atoms. The Labute approximate surface area is 161 Å². The zero-order chi connectivity index (χ0) is 18.6. The summed E-state index contributed by atoms with van der Waals surface area (Å²) >= 11 is 0.879. The molecule has 0 radical (unpaired) electrons. The van der Waals surface area contributed by atoms with Crippen molar-refractivity contribution in [1.29, 1.82) is 0 Å². The third-order valence-electron chi connectivity index (χ3n) is 4.55. The molecule has 0 saturated carbocycles. The van der Waals surface area contributed by atoms with Gasteiger partial charge in [-0.05, 0) is 41.8 Å². The second kappa shape index (κ2) is 7.89. The summed E-state index contributed by atoms with van der Waals surface area (Å²) in [5.41, 5.74) is 1.91. The number of nitrogens with zero attached hydrogens (tertiary/aromatic N) is 2. The average Bonchev–Trinajstić information content (AvgIpc) is 3.00. The maximum atomic E-state index is 11.7. The number of piperidine rings is 1. The average molecular weight is 381 g/mol. The molecule has 2 saturated heterocycles. The molecule has 3 heterocycles. The number of amides is 2. The highest BCUT2D eigenvalue weighted by atomic mass is 32.2. The normalized spacial score (nSPS) is 24.1. The maximum Gasteiger partial charge on any atom is 0.290 e. The lowest BCUT2D eigenvalue weighted by molar-refractivity contribution is -0.115. The van der Waals surface area contributed by atoms with E-state index in [-0.39, 0.29) is 17.2 Å². The molecule has 2 amide bonds. The molecule has 27 heavy (non-hydrogen) atoms. The van der Waals surface area contributed by atoms with Crippen LogP contribution in [0.25, 0.3) is 6.08 Å². The predicted molar refractivity (Wildman–Crippen MR) is 105 cm³/mol. The van der Waals surface area contributed by atoms with Crippen LogP contribution in [0, 0.1) is 0 Å². The number of nitrogens with one attached hydrogen (secondary N) is 3. The molecule has 3 N–H and O–H groups in total. The van der Waals surface area contributed by atoms with Crippen molar-refractivity contribution < 1.29 is 9.59 Å². The summed E-state index contributed by atoms with van der Waals surface area (Å²) in [6.07, 6.45) is 4.23. The van der Waals surface area contributed by atoms with E-state index in [0.29, 0.717) is 22.5 Å². The number of benzene rings is 1. The molecule has 0 aliphatic carbocycles.